The lowest BCUT2D eigenvalue weighted by Crippen LogP contribution is -1.94. The van der Waals surface area contributed by atoms with Crippen molar-refractivity contribution < 1.29 is 0 Å². The van der Waals surface area contributed by atoms with Crippen molar-refractivity contribution in [3.63, 3.8) is 0 Å². The summed E-state index contributed by atoms with van der Waals surface area (Å²) in [6.45, 7) is 23.6. The molecular formula is C30H13N5. The van der Waals surface area contributed by atoms with Gasteiger partial charge < -0.3 is 0 Å². The summed E-state index contributed by atoms with van der Waals surface area (Å²) in [5.41, 5.74) is 3.72. The maximum absolute atomic E-state index is 8.08. The molecule has 0 aliphatic carbocycles. The quantitative estimate of drug-likeness (QED) is 0.170. The molecule has 7 aromatic rings. The third kappa shape index (κ3) is 2.30. The molecule has 0 fully saturated rings. The van der Waals surface area contributed by atoms with Crippen LogP contribution in [0.4, 0.5) is 17.1 Å². The van der Waals surface area contributed by atoms with E-state index in [1.54, 1.807) is 6.07 Å². The van der Waals surface area contributed by atoms with Crippen molar-refractivity contribution in [1.82, 2.24) is 9.38 Å². The number of pyridine rings is 1. The van der Waals surface area contributed by atoms with E-state index in [9.17, 15) is 0 Å². The van der Waals surface area contributed by atoms with Crippen LogP contribution in [-0.4, -0.2) is 9.38 Å². The van der Waals surface area contributed by atoms with Crippen LogP contribution in [0.1, 0.15) is 0 Å². The first-order chi connectivity index (χ1) is 17.3. The third-order valence-electron chi connectivity index (χ3n) is 6.79. The fourth-order valence-corrected chi connectivity index (χ4v) is 5.43. The van der Waals surface area contributed by atoms with Gasteiger partial charge in [-0.05, 0) is 50.5 Å². The van der Waals surface area contributed by atoms with Crippen LogP contribution in [0.5, 0.6) is 0 Å². The minimum absolute atomic E-state index is 0.102. The molecule has 0 bridgehead atoms. The molecule has 158 valence electrons. The fourth-order valence-electron chi connectivity index (χ4n) is 5.43. The topological polar surface area (TPSA) is 30.4 Å². The Hall–Kier alpha value is -5.44. The molecule has 5 heteroatoms. The number of hydrogen-bond acceptors (Lipinski definition) is 1. The maximum atomic E-state index is 8.08. The highest BCUT2D eigenvalue weighted by Gasteiger charge is 2.23. The molecule has 0 saturated heterocycles. The lowest BCUT2D eigenvalue weighted by molar-refractivity contribution is 1.32. The van der Waals surface area contributed by atoms with Gasteiger partial charge in [0.15, 0.2) is 11.4 Å². The Kier molecular flexibility index (Phi) is 3.69. The Bertz CT molecular complexity index is 2200. The predicted octanol–water partition coefficient (Wildman–Crippen LogP) is 8.75. The van der Waals surface area contributed by atoms with Crippen molar-refractivity contribution in [2.24, 2.45) is 0 Å². The van der Waals surface area contributed by atoms with E-state index in [4.69, 9.17) is 24.7 Å². The SMILES string of the molecule is [C-]#[N+]c1cc2c(c([N+]#[C-])c1[N+]#[C-])c1c3ccccc3c3ccccc3c1c1nc3ccccc3n21. The third-order valence-corrected chi connectivity index (χ3v) is 6.79. The van der Waals surface area contributed by atoms with Gasteiger partial charge in [0.1, 0.15) is 5.65 Å². The van der Waals surface area contributed by atoms with Gasteiger partial charge in [0.25, 0.3) is 0 Å². The van der Waals surface area contributed by atoms with Crippen molar-refractivity contribution in [3.8, 4) is 0 Å². The van der Waals surface area contributed by atoms with Gasteiger partial charge in [0, 0.05) is 10.9 Å². The smallest absolute Gasteiger partial charge is 0.201 e. The molecule has 0 saturated carbocycles. The van der Waals surface area contributed by atoms with Gasteiger partial charge in [-0.15, -0.1) is 0 Å². The molecule has 2 heterocycles. The van der Waals surface area contributed by atoms with E-state index in [0.717, 1.165) is 49.0 Å². The highest BCUT2D eigenvalue weighted by molar-refractivity contribution is 6.37. The first-order valence-electron chi connectivity index (χ1n) is 11.0. The van der Waals surface area contributed by atoms with E-state index in [1.807, 2.05) is 52.9 Å². The molecule has 0 unspecified atom stereocenters. The minimum Gasteiger partial charge on any atom is -0.294 e. The van der Waals surface area contributed by atoms with E-state index < -0.39 is 0 Å². The zero-order valence-corrected chi connectivity index (χ0v) is 18.2. The van der Waals surface area contributed by atoms with Gasteiger partial charge in [-0.2, -0.15) is 0 Å². The Morgan fingerprint density at radius 3 is 1.83 bits per heavy atom. The number of hydrogen-bond donors (Lipinski definition) is 0. The van der Waals surface area contributed by atoms with Crippen LogP contribution >= 0.6 is 0 Å². The predicted molar refractivity (Wildman–Crippen MR) is 142 cm³/mol. The number of imidazole rings is 1. The zero-order valence-electron chi connectivity index (χ0n) is 18.2. The second kappa shape index (κ2) is 6.78. The Balaban J connectivity index is 2.01. The summed E-state index contributed by atoms with van der Waals surface area (Å²) in [7, 11) is 0. The normalized spacial score (nSPS) is 11.3. The standard InChI is InChI=1S/C30H13N5/c1-31-22-16-24-27(29(33-3)28(22)32-2)25-19-12-6-4-10-17(19)18-11-5-7-13-20(18)26(25)30-34-21-14-8-9-15-23(21)35(24)30/h4-16H. The van der Waals surface area contributed by atoms with Crippen molar-refractivity contribution in [2.75, 3.05) is 0 Å². The molecule has 7 rings (SSSR count). The Morgan fingerprint density at radius 2 is 1.17 bits per heavy atom. The molecule has 0 N–H and O–H groups in total. The molecule has 0 aliphatic rings. The number of fused-ring (bicyclic) bond motifs is 13. The number of benzene rings is 5. The van der Waals surface area contributed by atoms with Gasteiger partial charge in [0.05, 0.1) is 30.7 Å². The first-order valence-corrected chi connectivity index (χ1v) is 11.0. The van der Waals surface area contributed by atoms with Crippen molar-refractivity contribution >= 4 is 77.0 Å². The molecule has 2 aromatic heterocycles. The summed E-state index contributed by atoms with van der Waals surface area (Å²) in [6, 6.07) is 26.1. The van der Waals surface area contributed by atoms with E-state index in [1.165, 1.54) is 0 Å². The van der Waals surface area contributed by atoms with Gasteiger partial charge >= 0.3 is 0 Å². The Morgan fingerprint density at radius 1 is 0.571 bits per heavy atom. The summed E-state index contributed by atoms with van der Waals surface area (Å²) >= 11 is 0. The van der Waals surface area contributed by atoms with Crippen LogP contribution < -0.4 is 0 Å². The van der Waals surface area contributed by atoms with E-state index >= 15 is 0 Å². The summed E-state index contributed by atoms with van der Waals surface area (Å²) < 4.78 is 2.05. The molecule has 0 radical (unpaired) electrons. The lowest BCUT2D eigenvalue weighted by atomic mass is 9.91. The van der Waals surface area contributed by atoms with E-state index in [-0.39, 0.29) is 17.1 Å². The van der Waals surface area contributed by atoms with Crippen LogP contribution in [0, 0.1) is 19.7 Å². The van der Waals surface area contributed by atoms with Crippen molar-refractivity contribution in [2.45, 2.75) is 0 Å². The molecule has 0 spiro atoms. The van der Waals surface area contributed by atoms with Gasteiger partial charge in [-0.3, -0.25) is 18.9 Å². The highest BCUT2D eigenvalue weighted by atomic mass is 15.0. The summed E-state index contributed by atoms with van der Waals surface area (Å²) in [5, 5.41) is 6.74. The fraction of sp³-hybridized carbons (Fsp3) is 0. The zero-order chi connectivity index (χ0) is 23.7. The van der Waals surface area contributed by atoms with Crippen molar-refractivity contribution in [1.29, 1.82) is 0 Å². The van der Waals surface area contributed by atoms with E-state index in [0.29, 0.717) is 10.9 Å². The largest absolute Gasteiger partial charge is 0.294 e. The number of aromatic nitrogens is 2. The molecule has 0 aliphatic heterocycles. The first kappa shape index (κ1) is 19.1. The molecular weight excluding hydrogens is 430 g/mol. The highest BCUT2D eigenvalue weighted by Crippen LogP contribution is 2.50. The monoisotopic (exact) mass is 443 g/mol. The summed E-state index contributed by atoms with van der Waals surface area (Å²) in [5.74, 6) is 0. The number of nitrogens with zero attached hydrogens (tertiary/aromatic N) is 5. The van der Waals surface area contributed by atoms with Gasteiger partial charge in [0.2, 0.25) is 5.69 Å². The van der Waals surface area contributed by atoms with Crippen LogP contribution in [0.25, 0.3) is 74.4 Å². The summed E-state index contributed by atoms with van der Waals surface area (Å²) in [4.78, 5) is 16.2. The van der Waals surface area contributed by atoms with Crippen LogP contribution in [0.2, 0.25) is 0 Å². The minimum atomic E-state index is 0.102. The Labute approximate surface area is 199 Å². The van der Waals surface area contributed by atoms with Gasteiger partial charge in [-0.1, -0.05) is 60.7 Å². The van der Waals surface area contributed by atoms with Crippen LogP contribution in [0.15, 0.2) is 78.9 Å². The van der Waals surface area contributed by atoms with Crippen LogP contribution in [-0.2, 0) is 0 Å². The number of rotatable bonds is 0. The molecule has 5 nitrogen and oxygen atoms in total. The molecule has 35 heavy (non-hydrogen) atoms. The molecule has 0 amide bonds. The van der Waals surface area contributed by atoms with Gasteiger partial charge in [-0.25, -0.2) is 4.98 Å². The summed E-state index contributed by atoms with van der Waals surface area (Å²) in [6.07, 6.45) is 0. The lowest BCUT2D eigenvalue weighted by Gasteiger charge is -2.17. The van der Waals surface area contributed by atoms with Crippen LogP contribution in [0.3, 0.4) is 0 Å². The molecule has 0 atom stereocenters. The van der Waals surface area contributed by atoms with E-state index in [2.05, 4.69) is 38.8 Å². The van der Waals surface area contributed by atoms with Crippen molar-refractivity contribution in [3.05, 3.63) is 113 Å². The molecule has 5 aromatic carbocycles. The number of para-hydroxylation sites is 2. The second-order valence-corrected chi connectivity index (χ2v) is 8.42. The second-order valence-electron chi connectivity index (χ2n) is 8.42. The average molecular weight is 443 g/mol. The average Bonchev–Trinajstić information content (AvgIpc) is 3.31. The maximum Gasteiger partial charge on any atom is 0.201 e.